The highest BCUT2D eigenvalue weighted by Crippen LogP contribution is 2.20. The molecule has 0 saturated heterocycles. The van der Waals surface area contributed by atoms with E-state index in [9.17, 15) is 18.0 Å². The fourth-order valence-corrected chi connectivity index (χ4v) is 3.76. The highest BCUT2D eigenvalue weighted by molar-refractivity contribution is 7.90. The predicted octanol–water partition coefficient (Wildman–Crippen LogP) is 1.32. The fourth-order valence-electron chi connectivity index (χ4n) is 2.79. The Balaban J connectivity index is 1.70. The monoisotopic (exact) mass is 388 g/mol. The van der Waals surface area contributed by atoms with Crippen LogP contribution in [0.25, 0.3) is 0 Å². The molecule has 0 fully saturated rings. The maximum Gasteiger partial charge on any atom is 0.256 e. The van der Waals surface area contributed by atoms with Crippen LogP contribution in [0.5, 0.6) is 0 Å². The average molecular weight is 388 g/mol. The normalized spacial score (nSPS) is 18.7. The highest BCUT2D eigenvalue weighted by Gasteiger charge is 2.25. The van der Waals surface area contributed by atoms with Crippen LogP contribution in [-0.2, 0) is 19.6 Å². The predicted molar refractivity (Wildman–Crippen MR) is 102 cm³/mol. The van der Waals surface area contributed by atoms with E-state index in [4.69, 9.17) is 0 Å². The van der Waals surface area contributed by atoms with Gasteiger partial charge in [0.1, 0.15) is 5.84 Å². The number of sulfonamides is 1. The SMILES string of the molecule is CC(=O)Nc1cccc(C(C)NC(=O)C2=CN3CCS(=O)(=O)N=C3C=C2)c1. The molecule has 0 aromatic heterocycles. The van der Waals surface area contributed by atoms with Crippen LogP contribution in [0.4, 0.5) is 5.69 Å². The summed E-state index contributed by atoms with van der Waals surface area (Å²) < 4.78 is 26.8. The van der Waals surface area contributed by atoms with Gasteiger partial charge in [-0.25, -0.2) is 8.42 Å². The van der Waals surface area contributed by atoms with Crippen molar-refractivity contribution in [1.29, 1.82) is 0 Å². The Hall–Kier alpha value is -2.94. The van der Waals surface area contributed by atoms with Gasteiger partial charge in [0.05, 0.1) is 17.4 Å². The van der Waals surface area contributed by atoms with Gasteiger partial charge in [-0.3, -0.25) is 9.59 Å². The third-order valence-electron chi connectivity index (χ3n) is 4.14. The van der Waals surface area contributed by atoms with Crippen LogP contribution >= 0.6 is 0 Å². The van der Waals surface area contributed by atoms with E-state index in [2.05, 4.69) is 15.0 Å². The Morgan fingerprint density at radius 2 is 2.04 bits per heavy atom. The van der Waals surface area contributed by atoms with Crippen LogP contribution in [-0.4, -0.2) is 43.3 Å². The number of carbonyl (C=O) groups excluding carboxylic acids is 2. The minimum atomic E-state index is -3.42. The van der Waals surface area contributed by atoms with Crippen molar-refractivity contribution in [3.63, 3.8) is 0 Å². The van der Waals surface area contributed by atoms with Crippen molar-refractivity contribution in [2.75, 3.05) is 17.6 Å². The Morgan fingerprint density at radius 1 is 1.26 bits per heavy atom. The molecule has 0 spiro atoms. The van der Waals surface area contributed by atoms with Gasteiger partial charge in [0.15, 0.2) is 0 Å². The van der Waals surface area contributed by atoms with Gasteiger partial charge >= 0.3 is 0 Å². The van der Waals surface area contributed by atoms with Crippen LogP contribution in [0.3, 0.4) is 0 Å². The number of rotatable bonds is 4. The molecule has 2 aliphatic heterocycles. The minimum absolute atomic E-state index is 0.0813. The summed E-state index contributed by atoms with van der Waals surface area (Å²) in [4.78, 5) is 25.4. The van der Waals surface area contributed by atoms with Gasteiger partial charge in [-0.05, 0) is 36.8 Å². The maximum atomic E-state index is 12.6. The first kappa shape index (κ1) is 18.8. The van der Waals surface area contributed by atoms with Crippen molar-refractivity contribution in [3.8, 4) is 0 Å². The van der Waals surface area contributed by atoms with E-state index in [1.807, 2.05) is 13.0 Å². The molecule has 0 radical (unpaired) electrons. The zero-order chi connectivity index (χ0) is 19.6. The molecule has 9 heteroatoms. The molecule has 1 aromatic rings. The van der Waals surface area contributed by atoms with Gasteiger partial charge in [0.25, 0.3) is 15.9 Å². The fraction of sp³-hybridized carbons (Fsp3) is 0.278. The van der Waals surface area contributed by atoms with Gasteiger partial charge in [-0.1, -0.05) is 12.1 Å². The van der Waals surface area contributed by atoms with Gasteiger partial charge in [-0.15, -0.1) is 4.40 Å². The summed E-state index contributed by atoms with van der Waals surface area (Å²) in [6.45, 7) is 3.54. The van der Waals surface area contributed by atoms with Gasteiger partial charge in [0, 0.05) is 25.4 Å². The van der Waals surface area contributed by atoms with Gasteiger partial charge in [0.2, 0.25) is 5.91 Å². The van der Waals surface area contributed by atoms with E-state index in [0.717, 1.165) is 5.56 Å². The minimum Gasteiger partial charge on any atom is -0.345 e. The molecule has 8 nitrogen and oxygen atoms in total. The zero-order valence-electron chi connectivity index (χ0n) is 15.0. The summed E-state index contributed by atoms with van der Waals surface area (Å²) in [5.74, 6) is -0.213. The van der Waals surface area contributed by atoms with Crippen molar-refractivity contribution in [2.24, 2.45) is 4.40 Å². The molecule has 2 heterocycles. The van der Waals surface area contributed by atoms with E-state index in [-0.39, 0.29) is 30.2 Å². The Labute approximate surface area is 157 Å². The number of benzene rings is 1. The van der Waals surface area contributed by atoms with Crippen LogP contribution in [0, 0.1) is 0 Å². The Morgan fingerprint density at radius 3 is 2.78 bits per heavy atom. The van der Waals surface area contributed by atoms with E-state index in [0.29, 0.717) is 17.1 Å². The number of nitrogens with one attached hydrogen (secondary N) is 2. The molecule has 2 amide bonds. The number of hydrogen-bond donors (Lipinski definition) is 2. The van der Waals surface area contributed by atoms with Crippen molar-refractivity contribution >= 4 is 33.4 Å². The molecule has 1 unspecified atom stereocenters. The average Bonchev–Trinajstić information content (AvgIpc) is 2.60. The number of anilines is 1. The third-order valence-corrected chi connectivity index (χ3v) is 5.30. The van der Waals surface area contributed by atoms with Crippen LogP contribution < -0.4 is 10.6 Å². The lowest BCUT2D eigenvalue weighted by molar-refractivity contribution is -0.118. The van der Waals surface area contributed by atoms with Gasteiger partial charge < -0.3 is 15.5 Å². The van der Waals surface area contributed by atoms with Gasteiger partial charge in [-0.2, -0.15) is 0 Å². The third kappa shape index (κ3) is 4.62. The van der Waals surface area contributed by atoms with Crippen molar-refractivity contribution in [3.05, 3.63) is 53.8 Å². The van der Waals surface area contributed by atoms with Crippen molar-refractivity contribution < 1.29 is 18.0 Å². The first-order chi connectivity index (χ1) is 12.7. The number of nitrogens with zero attached hydrogens (tertiary/aromatic N) is 2. The summed E-state index contributed by atoms with van der Waals surface area (Å²) in [6.07, 6.45) is 4.67. The Kier molecular flexibility index (Phi) is 5.13. The number of hydrogen-bond acceptors (Lipinski definition) is 5. The lowest BCUT2D eigenvalue weighted by Gasteiger charge is -2.27. The molecule has 27 heavy (non-hydrogen) atoms. The summed E-state index contributed by atoms with van der Waals surface area (Å²) in [6, 6.07) is 6.97. The molecule has 0 aliphatic carbocycles. The number of carbonyl (C=O) groups is 2. The molecule has 2 N–H and O–H groups in total. The second-order valence-electron chi connectivity index (χ2n) is 6.35. The molecule has 3 rings (SSSR count). The quantitative estimate of drug-likeness (QED) is 0.809. The summed E-state index contributed by atoms with van der Waals surface area (Å²) in [5.41, 5.74) is 1.92. The standard InChI is InChI=1S/C18H20N4O4S/c1-12(14-4-3-5-16(10-14)20-13(2)23)19-18(24)15-6-7-17-21-27(25,26)9-8-22(17)11-15/h3-7,10-12H,8-9H2,1-2H3,(H,19,24)(H,20,23). The summed E-state index contributed by atoms with van der Waals surface area (Å²) >= 11 is 0. The molecule has 0 saturated carbocycles. The summed E-state index contributed by atoms with van der Waals surface area (Å²) in [5, 5.41) is 5.61. The molecule has 1 aromatic carbocycles. The molecule has 2 aliphatic rings. The molecule has 142 valence electrons. The lowest BCUT2D eigenvalue weighted by atomic mass is 10.1. The second kappa shape index (κ2) is 7.36. The largest absolute Gasteiger partial charge is 0.345 e. The second-order valence-corrected chi connectivity index (χ2v) is 8.10. The molecule has 1 atom stereocenters. The number of amides is 2. The van der Waals surface area contributed by atoms with Crippen LogP contribution in [0.1, 0.15) is 25.5 Å². The van der Waals surface area contributed by atoms with Crippen molar-refractivity contribution in [1.82, 2.24) is 10.2 Å². The van der Waals surface area contributed by atoms with Crippen LogP contribution in [0.2, 0.25) is 0 Å². The Bertz CT molecular complexity index is 979. The topological polar surface area (TPSA) is 108 Å². The van der Waals surface area contributed by atoms with E-state index >= 15 is 0 Å². The van der Waals surface area contributed by atoms with Crippen LogP contribution in [0.15, 0.2) is 52.6 Å². The first-order valence-electron chi connectivity index (χ1n) is 8.41. The number of amidine groups is 1. The summed E-state index contributed by atoms with van der Waals surface area (Å²) in [7, 11) is -3.42. The lowest BCUT2D eigenvalue weighted by Crippen LogP contribution is -2.38. The van der Waals surface area contributed by atoms with E-state index in [1.54, 1.807) is 35.4 Å². The van der Waals surface area contributed by atoms with E-state index in [1.165, 1.54) is 13.0 Å². The zero-order valence-corrected chi connectivity index (χ0v) is 15.8. The maximum absolute atomic E-state index is 12.6. The van der Waals surface area contributed by atoms with Crippen molar-refractivity contribution in [2.45, 2.75) is 19.9 Å². The smallest absolute Gasteiger partial charge is 0.256 e. The van der Waals surface area contributed by atoms with E-state index < -0.39 is 10.0 Å². The highest BCUT2D eigenvalue weighted by atomic mass is 32.2. The molecular weight excluding hydrogens is 368 g/mol. The molecular formula is C18H20N4O4S. The number of fused-ring (bicyclic) bond motifs is 1. The molecule has 0 bridgehead atoms. The first-order valence-corrected chi connectivity index (χ1v) is 10.0.